The molecule has 28 heavy (non-hydrogen) atoms. The highest BCUT2D eigenvalue weighted by Gasteiger charge is 2.30. The summed E-state index contributed by atoms with van der Waals surface area (Å²) in [5.74, 6) is 0.188. The average Bonchev–Trinajstić information content (AvgIpc) is 3.02. The minimum Gasteiger partial charge on any atom is -0.325 e. The molecule has 0 bridgehead atoms. The van der Waals surface area contributed by atoms with Gasteiger partial charge >= 0.3 is 6.18 Å². The Balaban J connectivity index is 1.69. The Morgan fingerprint density at radius 1 is 1.18 bits per heavy atom. The third-order valence-electron chi connectivity index (χ3n) is 3.88. The molecule has 0 spiro atoms. The minimum absolute atomic E-state index is 0.0858. The van der Waals surface area contributed by atoms with Crippen LogP contribution in [0.2, 0.25) is 0 Å². The maximum Gasteiger partial charge on any atom is 0.416 e. The Hall–Kier alpha value is -2.88. The first-order valence-electron chi connectivity index (χ1n) is 8.20. The summed E-state index contributed by atoms with van der Waals surface area (Å²) in [6.45, 7) is 1.65. The van der Waals surface area contributed by atoms with Crippen molar-refractivity contribution >= 4 is 23.4 Å². The molecule has 1 atom stereocenters. The lowest BCUT2D eigenvalue weighted by Gasteiger charge is -2.13. The van der Waals surface area contributed by atoms with Gasteiger partial charge in [-0.25, -0.2) is 0 Å². The van der Waals surface area contributed by atoms with E-state index in [1.54, 1.807) is 43.1 Å². The monoisotopic (exact) mass is 407 g/mol. The van der Waals surface area contributed by atoms with Gasteiger partial charge in [-0.1, -0.05) is 17.8 Å². The molecule has 0 unspecified atom stereocenters. The summed E-state index contributed by atoms with van der Waals surface area (Å²) in [6.07, 6.45) is -1.19. The first kappa shape index (κ1) is 19.9. The van der Waals surface area contributed by atoms with Gasteiger partial charge in [0.1, 0.15) is 0 Å². The van der Waals surface area contributed by atoms with Gasteiger partial charge in [0.05, 0.1) is 10.8 Å². The smallest absolute Gasteiger partial charge is 0.325 e. The Morgan fingerprint density at radius 3 is 2.57 bits per heavy atom. The normalized spacial score (nSPS) is 12.6. The second-order valence-corrected chi connectivity index (χ2v) is 7.24. The molecule has 3 rings (SSSR count). The van der Waals surface area contributed by atoms with E-state index >= 15 is 0 Å². The van der Waals surface area contributed by atoms with Gasteiger partial charge in [0.15, 0.2) is 11.0 Å². The molecule has 0 aliphatic heterocycles. The fourth-order valence-electron chi connectivity index (χ4n) is 2.40. The number of amides is 1. The number of aromatic nitrogens is 4. The molecule has 0 radical (unpaired) electrons. The van der Waals surface area contributed by atoms with Crippen molar-refractivity contribution < 1.29 is 18.0 Å². The van der Waals surface area contributed by atoms with Gasteiger partial charge in [-0.2, -0.15) is 13.2 Å². The highest BCUT2D eigenvalue weighted by Crippen LogP contribution is 2.31. The molecule has 1 amide bonds. The van der Waals surface area contributed by atoms with Gasteiger partial charge in [0.2, 0.25) is 5.91 Å². The number of benzene rings is 1. The van der Waals surface area contributed by atoms with Crippen LogP contribution in [-0.4, -0.2) is 30.9 Å². The molecule has 2 aromatic heterocycles. The van der Waals surface area contributed by atoms with Crippen molar-refractivity contribution in [2.24, 2.45) is 7.05 Å². The summed E-state index contributed by atoms with van der Waals surface area (Å²) in [5.41, 5.74) is 0.0986. The summed E-state index contributed by atoms with van der Waals surface area (Å²) in [7, 11) is 1.77. The molecule has 0 aliphatic carbocycles. The molecule has 3 aromatic rings. The molecule has 0 aliphatic rings. The number of nitrogens with one attached hydrogen (secondary N) is 1. The van der Waals surface area contributed by atoms with Crippen LogP contribution >= 0.6 is 11.8 Å². The lowest BCUT2D eigenvalue weighted by Crippen LogP contribution is -2.23. The van der Waals surface area contributed by atoms with E-state index in [9.17, 15) is 18.0 Å². The number of alkyl halides is 3. The zero-order chi connectivity index (χ0) is 20.3. The van der Waals surface area contributed by atoms with Crippen LogP contribution in [0.15, 0.2) is 53.9 Å². The predicted molar refractivity (Wildman–Crippen MR) is 99.6 cm³/mol. The van der Waals surface area contributed by atoms with E-state index in [0.717, 1.165) is 29.5 Å². The predicted octanol–water partition coefficient (Wildman–Crippen LogP) is 4.02. The molecule has 146 valence electrons. The van der Waals surface area contributed by atoms with E-state index < -0.39 is 22.9 Å². The van der Waals surface area contributed by atoms with Crippen molar-refractivity contribution in [1.82, 2.24) is 19.7 Å². The van der Waals surface area contributed by atoms with Crippen molar-refractivity contribution in [2.45, 2.75) is 23.5 Å². The summed E-state index contributed by atoms with van der Waals surface area (Å²) in [6, 6.07) is 8.10. The maximum absolute atomic E-state index is 12.8. The van der Waals surface area contributed by atoms with Gasteiger partial charge in [-0.05, 0) is 37.3 Å². The number of halogens is 3. The second kappa shape index (κ2) is 8.01. The van der Waals surface area contributed by atoms with Crippen molar-refractivity contribution in [2.75, 3.05) is 5.32 Å². The van der Waals surface area contributed by atoms with Gasteiger partial charge in [0, 0.05) is 30.7 Å². The number of thioether (sulfide) groups is 1. The standard InChI is InChI=1S/C18H16F3N5OS/c1-11(16(27)23-14-5-3-4-13(10-14)18(19,20)21)28-17-25-24-15(26(17)2)12-6-8-22-9-7-12/h3-11H,1-2H3,(H,23,27)/t11-/m1/s1. The number of anilines is 1. The molecule has 0 saturated carbocycles. The number of carbonyl (C=O) groups is 1. The van der Waals surface area contributed by atoms with Gasteiger partial charge in [0.25, 0.3) is 0 Å². The van der Waals surface area contributed by atoms with Crippen LogP contribution in [0, 0.1) is 0 Å². The molecular formula is C18H16F3N5OS. The molecular weight excluding hydrogens is 391 g/mol. The van der Waals surface area contributed by atoms with Gasteiger partial charge < -0.3 is 9.88 Å². The zero-order valence-electron chi connectivity index (χ0n) is 14.9. The Morgan fingerprint density at radius 2 is 1.89 bits per heavy atom. The molecule has 1 aromatic carbocycles. The van der Waals surface area contributed by atoms with Gasteiger partial charge in [-0.3, -0.25) is 9.78 Å². The largest absolute Gasteiger partial charge is 0.416 e. The van der Waals surface area contributed by atoms with Gasteiger partial charge in [-0.15, -0.1) is 10.2 Å². The quantitative estimate of drug-likeness (QED) is 0.647. The fraction of sp³-hybridized carbons (Fsp3) is 0.222. The van der Waals surface area contributed by atoms with E-state index in [1.165, 1.54) is 12.1 Å². The minimum atomic E-state index is -4.47. The fourth-order valence-corrected chi connectivity index (χ4v) is 3.21. The summed E-state index contributed by atoms with van der Waals surface area (Å²) >= 11 is 1.16. The van der Waals surface area contributed by atoms with Crippen LogP contribution in [0.1, 0.15) is 12.5 Å². The van der Waals surface area contributed by atoms with Crippen LogP contribution in [-0.2, 0) is 18.0 Å². The van der Waals surface area contributed by atoms with Crippen LogP contribution in [0.4, 0.5) is 18.9 Å². The molecule has 0 fully saturated rings. The molecule has 2 heterocycles. The summed E-state index contributed by atoms with van der Waals surface area (Å²) in [4.78, 5) is 16.3. The zero-order valence-corrected chi connectivity index (χ0v) is 15.8. The molecule has 1 N–H and O–H groups in total. The van der Waals surface area contributed by atoms with E-state index in [4.69, 9.17) is 0 Å². The first-order valence-corrected chi connectivity index (χ1v) is 9.08. The third-order valence-corrected chi connectivity index (χ3v) is 5.02. The highest BCUT2D eigenvalue weighted by molar-refractivity contribution is 8.00. The molecule has 6 nitrogen and oxygen atoms in total. The molecule has 0 saturated heterocycles. The number of hydrogen-bond acceptors (Lipinski definition) is 5. The topological polar surface area (TPSA) is 72.7 Å². The van der Waals surface area contributed by atoms with E-state index in [1.807, 2.05) is 0 Å². The van der Waals surface area contributed by atoms with Crippen molar-refractivity contribution in [3.05, 3.63) is 54.4 Å². The van der Waals surface area contributed by atoms with Crippen molar-refractivity contribution in [3.8, 4) is 11.4 Å². The lowest BCUT2D eigenvalue weighted by molar-refractivity contribution is -0.137. The second-order valence-electron chi connectivity index (χ2n) is 5.93. The number of nitrogens with zero attached hydrogens (tertiary/aromatic N) is 4. The van der Waals surface area contributed by atoms with Crippen LogP contribution in [0.3, 0.4) is 0 Å². The number of pyridine rings is 1. The number of hydrogen-bond donors (Lipinski definition) is 1. The van der Waals surface area contributed by atoms with Crippen LogP contribution in [0.5, 0.6) is 0 Å². The van der Waals surface area contributed by atoms with E-state index in [0.29, 0.717) is 11.0 Å². The highest BCUT2D eigenvalue weighted by atomic mass is 32.2. The van der Waals surface area contributed by atoms with Crippen LogP contribution in [0.25, 0.3) is 11.4 Å². The number of rotatable bonds is 5. The SMILES string of the molecule is C[C@@H](Sc1nnc(-c2ccncc2)n1C)C(=O)Nc1cccc(C(F)(F)F)c1. The first-order chi connectivity index (χ1) is 13.3. The lowest BCUT2D eigenvalue weighted by atomic mass is 10.2. The molecule has 10 heteroatoms. The maximum atomic E-state index is 12.8. The Bertz CT molecular complexity index is 975. The van der Waals surface area contributed by atoms with Crippen molar-refractivity contribution in [1.29, 1.82) is 0 Å². The Kier molecular flexibility index (Phi) is 5.68. The van der Waals surface area contributed by atoms with E-state index in [2.05, 4.69) is 20.5 Å². The van der Waals surface area contributed by atoms with E-state index in [-0.39, 0.29) is 5.69 Å². The Labute approximate surface area is 163 Å². The summed E-state index contributed by atoms with van der Waals surface area (Å²) in [5, 5.41) is 10.6. The van der Waals surface area contributed by atoms with Crippen LogP contribution < -0.4 is 5.32 Å². The summed E-state index contributed by atoms with van der Waals surface area (Å²) < 4.78 is 40.1. The average molecular weight is 407 g/mol. The van der Waals surface area contributed by atoms with Crippen molar-refractivity contribution in [3.63, 3.8) is 0 Å². The third kappa shape index (κ3) is 4.50. The number of carbonyl (C=O) groups excluding carboxylic acids is 1.